The van der Waals surface area contributed by atoms with Gasteiger partial charge in [0.25, 0.3) is 0 Å². The Bertz CT molecular complexity index is 683. The Morgan fingerprint density at radius 2 is 2.14 bits per heavy atom. The van der Waals surface area contributed by atoms with E-state index in [1.165, 1.54) is 17.7 Å². The van der Waals surface area contributed by atoms with Crippen LogP contribution < -0.4 is 16.0 Å². The third-order valence-electron chi connectivity index (χ3n) is 3.18. The maximum Gasteiger partial charge on any atom is 0.247 e. The number of nitrogens with one attached hydrogen (secondary N) is 3. The molecule has 0 saturated carbocycles. The number of rotatable bonds is 3. The summed E-state index contributed by atoms with van der Waals surface area (Å²) >= 11 is 1.52. The van der Waals surface area contributed by atoms with Crippen LogP contribution >= 0.6 is 11.3 Å². The number of nitrogens with zero attached hydrogens (tertiary/aromatic N) is 3. The van der Waals surface area contributed by atoms with Crippen molar-refractivity contribution < 1.29 is 4.79 Å². The van der Waals surface area contributed by atoms with Crippen LogP contribution in [0.1, 0.15) is 18.7 Å². The van der Waals surface area contributed by atoms with Crippen molar-refractivity contribution in [1.29, 1.82) is 0 Å². The van der Waals surface area contributed by atoms with Crippen LogP contribution in [-0.2, 0) is 4.79 Å². The number of aromatic nitrogens is 3. The van der Waals surface area contributed by atoms with Crippen LogP contribution in [0.15, 0.2) is 12.5 Å². The van der Waals surface area contributed by atoms with Gasteiger partial charge in [0.05, 0.1) is 0 Å². The lowest BCUT2D eigenvalue weighted by atomic mass is 10.0. The van der Waals surface area contributed by atoms with Gasteiger partial charge in [0, 0.05) is 11.1 Å². The first kappa shape index (κ1) is 13.7. The Morgan fingerprint density at radius 3 is 2.81 bits per heavy atom. The third kappa shape index (κ3) is 2.66. The smallest absolute Gasteiger partial charge is 0.247 e. The first-order valence-corrected chi connectivity index (χ1v) is 7.48. The highest BCUT2D eigenvalue weighted by Crippen LogP contribution is 2.34. The Labute approximate surface area is 126 Å². The predicted molar refractivity (Wildman–Crippen MR) is 83.0 cm³/mol. The molecule has 0 spiro atoms. The third-order valence-corrected chi connectivity index (χ3v) is 4.01. The molecule has 3 N–H and O–H groups in total. The molecule has 1 aliphatic rings. The summed E-state index contributed by atoms with van der Waals surface area (Å²) in [5, 5.41) is 9.88. The second kappa shape index (κ2) is 5.28. The number of hydrogen-bond acceptors (Lipinski definition) is 7. The highest BCUT2D eigenvalue weighted by molar-refractivity contribution is 7.15. The van der Waals surface area contributed by atoms with Crippen molar-refractivity contribution in [2.75, 3.05) is 16.0 Å². The summed E-state index contributed by atoms with van der Waals surface area (Å²) in [4.78, 5) is 25.9. The zero-order valence-corrected chi connectivity index (χ0v) is 12.8. The van der Waals surface area contributed by atoms with Crippen LogP contribution in [0.25, 0.3) is 0 Å². The molecule has 2 aromatic rings. The first-order chi connectivity index (χ1) is 10.0. The van der Waals surface area contributed by atoms with E-state index in [0.717, 1.165) is 10.0 Å². The molecule has 0 aliphatic carbocycles. The number of thiazole rings is 1. The molecule has 0 saturated heterocycles. The maximum absolute atomic E-state index is 12.1. The molecule has 0 radical (unpaired) electrons. The van der Waals surface area contributed by atoms with Gasteiger partial charge in [0.15, 0.2) is 16.8 Å². The van der Waals surface area contributed by atoms with Gasteiger partial charge in [-0.25, -0.2) is 15.0 Å². The molecule has 1 aliphatic heterocycles. The molecule has 0 aromatic carbocycles. The zero-order chi connectivity index (χ0) is 15.0. The molecule has 0 bridgehead atoms. The number of fused-ring (bicyclic) bond motifs is 1. The van der Waals surface area contributed by atoms with Crippen LogP contribution in [-0.4, -0.2) is 26.9 Å². The molecule has 8 heteroatoms. The maximum atomic E-state index is 12.1. The lowest BCUT2D eigenvalue weighted by molar-refractivity contribution is -0.117. The summed E-state index contributed by atoms with van der Waals surface area (Å²) in [7, 11) is 0. The minimum atomic E-state index is -0.289. The topological polar surface area (TPSA) is 91.8 Å². The fraction of sp³-hybridized carbons (Fsp3) is 0.385. The quantitative estimate of drug-likeness (QED) is 0.806. The molecule has 1 atom stereocenters. The van der Waals surface area contributed by atoms with Crippen LogP contribution in [0.5, 0.6) is 0 Å². The second-order valence-electron chi connectivity index (χ2n) is 5.20. The molecule has 7 nitrogen and oxygen atoms in total. The van der Waals surface area contributed by atoms with Gasteiger partial charge in [-0.3, -0.25) is 4.79 Å². The minimum absolute atomic E-state index is 0.0781. The van der Waals surface area contributed by atoms with E-state index in [9.17, 15) is 4.79 Å². The van der Waals surface area contributed by atoms with Crippen LogP contribution in [0.2, 0.25) is 0 Å². The van der Waals surface area contributed by atoms with Crippen LogP contribution in [0.3, 0.4) is 0 Å². The van der Waals surface area contributed by atoms with E-state index >= 15 is 0 Å². The van der Waals surface area contributed by atoms with E-state index < -0.39 is 0 Å². The summed E-state index contributed by atoms with van der Waals surface area (Å²) in [6, 6.07) is -0.289. The van der Waals surface area contributed by atoms with E-state index in [4.69, 9.17) is 0 Å². The van der Waals surface area contributed by atoms with E-state index in [-0.39, 0.29) is 17.9 Å². The van der Waals surface area contributed by atoms with Gasteiger partial charge in [-0.15, -0.1) is 11.3 Å². The summed E-state index contributed by atoms with van der Waals surface area (Å²) < 4.78 is 0. The molecule has 1 unspecified atom stereocenters. The van der Waals surface area contributed by atoms with Gasteiger partial charge in [0.1, 0.15) is 18.1 Å². The number of carbonyl (C=O) groups excluding carboxylic acids is 1. The predicted octanol–water partition coefficient (Wildman–Crippen LogP) is 2.37. The van der Waals surface area contributed by atoms with Gasteiger partial charge in [-0.2, -0.15) is 0 Å². The van der Waals surface area contributed by atoms with Crippen molar-refractivity contribution in [3.63, 3.8) is 0 Å². The average Bonchev–Trinajstić information content (AvgIpc) is 2.84. The molecule has 1 amide bonds. The average molecular weight is 304 g/mol. The molecular weight excluding hydrogens is 288 g/mol. The van der Waals surface area contributed by atoms with Crippen molar-refractivity contribution in [3.8, 4) is 0 Å². The molecule has 3 heterocycles. The Kier molecular flexibility index (Phi) is 3.46. The van der Waals surface area contributed by atoms with E-state index in [1.54, 1.807) is 6.20 Å². The monoisotopic (exact) mass is 304 g/mol. The summed E-state index contributed by atoms with van der Waals surface area (Å²) in [6.07, 6.45) is 3.25. The van der Waals surface area contributed by atoms with Crippen molar-refractivity contribution in [2.45, 2.75) is 26.8 Å². The largest absolute Gasteiger partial charge is 0.356 e. The summed E-state index contributed by atoms with van der Waals surface area (Å²) in [5.41, 5.74) is 0.562. The van der Waals surface area contributed by atoms with Crippen molar-refractivity contribution in [3.05, 3.63) is 17.4 Å². The second-order valence-corrected chi connectivity index (χ2v) is 6.44. The van der Waals surface area contributed by atoms with E-state index in [2.05, 4.69) is 30.9 Å². The van der Waals surface area contributed by atoms with Crippen LogP contribution in [0.4, 0.5) is 22.5 Å². The minimum Gasteiger partial charge on any atom is -0.356 e. The first-order valence-electron chi connectivity index (χ1n) is 6.66. The van der Waals surface area contributed by atoms with Gasteiger partial charge in [-0.05, 0) is 12.8 Å². The fourth-order valence-electron chi connectivity index (χ4n) is 2.11. The normalized spacial score (nSPS) is 17.1. The van der Waals surface area contributed by atoms with E-state index in [0.29, 0.717) is 17.3 Å². The zero-order valence-electron chi connectivity index (χ0n) is 12.0. The Balaban J connectivity index is 1.91. The van der Waals surface area contributed by atoms with Gasteiger partial charge in [0.2, 0.25) is 5.91 Å². The molecule has 110 valence electrons. The van der Waals surface area contributed by atoms with Crippen LogP contribution in [0, 0.1) is 12.8 Å². The fourth-order valence-corrected chi connectivity index (χ4v) is 2.77. The summed E-state index contributed by atoms with van der Waals surface area (Å²) in [5.74, 6) is 1.26. The van der Waals surface area contributed by atoms with Crippen molar-refractivity contribution in [1.82, 2.24) is 15.0 Å². The highest BCUT2D eigenvalue weighted by atomic mass is 32.1. The molecule has 3 rings (SSSR count). The number of carbonyl (C=O) groups is 1. The SMILES string of the molecule is Cc1cnc(Nc2ncnc3c2NC(=O)C(C(C)C)N3)s1. The van der Waals surface area contributed by atoms with Gasteiger partial charge < -0.3 is 16.0 Å². The Hall–Kier alpha value is -2.22. The highest BCUT2D eigenvalue weighted by Gasteiger charge is 2.30. The van der Waals surface area contributed by atoms with Gasteiger partial charge >= 0.3 is 0 Å². The lowest BCUT2D eigenvalue weighted by Crippen LogP contribution is -2.43. The van der Waals surface area contributed by atoms with Crippen molar-refractivity contribution >= 4 is 39.7 Å². The number of hydrogen-bond donors (Lipinski definition) is 3. The number of aryl methyl sites for hydroxylation is 1. The number of anilines is 4. The van der Waals surface area contributed by atoms with Gasteiger partial charge in [-0.1, -0.05) is 13.8 Å². The summed E-state index contributed by atoms with van der Waals surface area (Å²) in [6.45, 7) is 5.96. The molecular formula is C13H16N6OS. The molecule has 0 fully saturated rings. The molecule has 2 aromatic heterocycles. The van der Waals surface area contributed by atoms with E-state index in [1.807, 2.05) is 20.8 Å². The number of amides is 1. The standard InChI is InChI=1S/C13H16N6OS/c1-6(2)8-12(20)18-9-10(17-8)15-5-16-11(9)19-13-14-4-7(3)21-13/h4-6,8H,1-3H3,(H,18,20)(H2,14,15,16,17,19). The molecule has 21 heavy (non-hydrogen) atoms. The Morgan fingerprint density at radius 1 is 1.33 bits per heavy atom. The lowest BCUT2D eigenvalue weighted by Gasteiger charge is -2.29. The van der Waals surface area contributed by atoms with Crippen molar-refractivity contribution in [2.24, 2.45) is 5.92 Å².